The molecule has 0 radical (unpaired) electrons. The van der Waals surface area contributed by atoms with E-state index >= 15 is 0 Å². The fraction of sp³-hybridized carbons (Fsp3) is 0.167. The van der Waals surface area contributed by atoms with E-state index in [2.05, 4.69) is 5.32 Å². The zero-order chi connectivity index (χ0) is 20.1. The van der Waals surface area contributed by atoms with Gasteiger partial charge in [0.25, 0.3) is 5.91 Å². The maximum Gasteiger partial charge on any atom is 0.255 e. The van der Waals surface area contributed by atoms with Crippen molar-refractivity contribution < 1.29 is 14.3 Å². The van der Waals surface area contributed by atoms with Crippen LogP contribution in [0, 0.1) is 0 Å². The Morgan fingerprint density at radius 1 is 0.931 bits per heavy atom. The Hall–Kier alpha value is -3.60. The Bertz CT molecular complexity index is 983. The minimum Gasteiger partial charge on any atom is -0.489 e. The van der Waals surface area contributed by atoms with Crippen LogP contribution in [0.1, 0.15) is 28.8 Å². The van der Waals surface area contributed by atoms with Crippen LogP contribution in [0.25, 0.3) is 0 Å². The van der Waals surface area contributed by atoms with Gasteiger partial charge in [-0.3, -0.25) is 9.59 Å². The first-order valence-electron chi connectivity index (χ1n) is 9.68. The number of anilines is 2. The SMILES string of the molecule is O=C(Nc1ccccc1)c1ccc(COc2ccc(N3CCCC3=O)cc2)cc1. The van der Waals surface area contributed by atoms with E-state index in [1.165, 1.54) is 0 Å². The van der Waals surface area contributed by atoms with Crippen molar-refractivity contribution in [3.63, 3.8) is 0 Å². The molecule has 1 aliphatic rings. The van der Waals surface area contributed by atoms with E-state index in [-0.39, 0.29) is 11.8 Å². The number of nitrogens with zero attached hydrogens (tertiary/aromatic N) is 1. The van der Waals surface area contributed by atoms with Crippen molar-refractivity contribution in [3.8, 4) is 5.75 Å². The first kappa shape index (κ1) is 18.7. The van der Waals surface area contributed by atoms with Crippen molar-refractivity contribution >= 4 is 23.2 Å². The summed E-state index contributed by atoms with van der Waals surface area (Å²) < 4.78 is 5.83. The standard InChI is InChI=1S/C24H22N2O3/c27-23-7-4-16-26(23)21-12-14-22(15-13-21)29-17-18-8-10-19(11-9-18)24(28)25-20-5-2-1-3-6-20/h1-3,5-6,8-15H,4,7,16-17H2,(H,25,28). The monoisotopic (exact) mass is 386 g/mol. The quantitative estimate of drug-likeness (QED) is 0.671. The van der Waals surface area contributed by atoms with Gasteiger partial charge in [-0.15, -0.1) is 0 Å². The van der Waals surface area contributed by atoms with Crippen molar-refractivity contribution in [3.05, 3.63) is 90.0 Å². The van der Waals surface area contributed by atoms with Crippen LogP contribution < -0.4 is 15.0 Å². The van der Waals surface area contributed by atoms with Gasteiger partial charge in [-0.2, -0.15) is 0 Å². The summed E-state index contributed by atoms with van der Waals surface area (Å²) in [6, 6.07) is 24.3. The van der Waals surface area contributed by atoms with Gasteiger partial charge < -0.3 is 15.0 Å². The lowest BCUT2D eigenvalue weighted by molar-refractivity contribution is -0.117. The van der Waals surface area contributed by atoms with Gasteiger partial charge in [0, 0.05) is 29.9 Å². The summed E-state index contributed by atoms with van der Waals surface area (Å²) in [5.41, 5.74) is 3.25. The van der Waals surface area contributed by atoms with Gasteiger partial charge in [-0.05, 0) is 60.5 Å². The van der Waals surface area contributed by atoms with E-state index in [0.29, 0.717) is 18.6 Å². The molecule has 5 nitrogen and oxygen atoms in total. The molecule has 1 saturated heterocycles. The number of benzene rings is 3. The Morgan fingerprint density at radius 2 is 1.66 bits per heavy atom. The van der Waals surface area contributed by atoms with Crippen LogP contribution in [0.15, 0.2) is 78.9 Å². The predicted octanol–water partition coefficient (Wildman–Crippen LogP) is 4.64. The fourth-order valence-corrected chi connectivity index (χ4v) is 3.29. The summed E-state index contributed by atoms with van der Waals surface area (Å²) in [5.74, 6) is 0.775. The number of para-hydroxylation sites is 1. The largest absolute Gasteiger partial charge is 0.489 e. The van der Waals surface area contributed by atoms with Gasteiger partial charge in [0.1, 0.15) is 12.4 Å². The van der Waals surface area contributed by atoms with Crippen molar-refractivity contribution in [2.45, 2.75) is 19.4 Å². The molecule has 0 aromatic heterocycles. The molecule has 1 N–H and O–H groups in total. The molecule has 0 aliphatic carbocycles. The average molecular weight is 386 g/mol. The maximum atomic E-state index is 12.3. The lowest BCUT2D eigenvalue weighted by Crippen LogP contribution is -2.23. The zero-order valence-corrected chi connectivity index (χ0v) is 16.0. The molecule has 4 rings (SSSR count). The van der Waals surface area contributed by atoms with E-state index in [1.54, 1.807) is 12.1 Å². The number of ether oxygens (including phenoxy) is 1. The summed E-state index contributed by atoms with van der Waals surface area (Å²) in [6.07, 6.45) is 1.54. The molecule has 29 heavy (non-hydrogen) atoms. The lowest BCUT2D eigenvalue weighted by Gasteiger charge is -2.16. The van der Waals surface area contributed by atoms with Crippen LogP contribution in [0.4, 0.5) is 11.4 Å². The summed E-state index contributed by atoms with van der Waals surface area (Å²) in [5, 5.41) is 2.87. The molecule has 0 unspecified atom stereocenters. The first-order valence-corrected chi connectivity index (χ1v) is 9.68. The molecular formula is C24H22N2O3. The Balaban J connectivity index is 1.32. The Morgan fingerprint density at radius 3 is 2.31 bits per heavy atom. The number of carbonyl (C=O) groups excluding carboxylic acids is 2. The second kappa shape index (κ2) is 8.61. The molecule has 0 spiro atoms. The van der Waals surface area contributed by atoms with E-state index in [0.717, 1.165) is 35.7 Å². The van der Waals surface area contributed by atoms with E-state index in [4.69, 9.17) is 4.74 Å². The average Bonchev–Trinajstić information content (AvgIpc) is 3.19. The topological polar surface area (TPSA) is 58.6 Å². The zero-order valence-electron chi connectivity index (χ0n) is 16.0. The van der Waals surface area contributed by atoms with E-state index in [1.807, 2.05) is 71.6 Å². The molecule has 0 bridgehead atoms. The van der Waals surface area contributed by atoms with Crippen LogP contribution in [0.3, 0.4) is 0 Å². The van der Waals surface area contributed by atoms with Gasteiger partial charge in [0.05, 0.1) is 0 Å². The highest BCUT2D eigenvalue weighted by Crippen LogP contribution is 2.24. The van der Waals surface area contributed by atoms with E-state index in [9.17, 15) is 9.59 Å². The number of rotatable bonds is 6. The molecule has 3 aromatic rings. The molecular weight excluding hydrogens is 364 g/mol. The van der Waals surface area contributed by atoms with Gasteiger partial charge in [0.15, 0.2) is 0 Å². The molecule has 2 amide bonds. The Labute approximate surface area is 169 Å². The number of hydrogen-bond donors (Lipinski definition) is 1. The van der Waals surface area contributed by atoms with Crippen LogP contribution >= 0.6 is 0 Å². The molecule has 146 valence electrons. The van der Waals surface area contributed by atoms with Gasteiger partial charge >= 0.3 is 0 Å². The number of nitrogens with one attached hydrogen (secondary N) is 1. The third-order valence-corrected chi connectivity index (χ3v) is 4.88. The molecule has 0 saturated carbocycles. The number of carbonyl (C=O) groups is 2. The van der Waals surface area contributed by atoms with Gasteiger partial charge in [-0.1, -0.05) is 30.3 Å². The smallest absolute Gasteiger partial charge is 0.255 e. The minimum absolute atomic E-state index is 0.143. The summed E-state index contributed by atoms with van der Waals surface area (Å²) in [7, 11) is 0. The van der Waals surface area contributed by atoms with Crippen molar-refractivity contribution in [1.29, 1.82) is 0 Å². The van der Waals surface area contributed by atoms with Crippen LogP contribution in [0.2, 0.25) is 0 Å². The minimum atomic E-state index is -0.143. The van der Waals surface area contributed by atoms with Gasteiger partial charge in [0.2, 0.25) is 5.91 Å². The molecule has 0 atom stereocenters. The summed E-state index contributed by atoms with van der Waals surface area (Å²) in [6.45, 7) is 1.19. The fourth-order valence-electron chi connectivity index (χ4n) is 3.29. The van der Waals surface area contributed by atoms with Crippen LogP contribution in [0.5, 0.6) is 5.75 Å². The number of amides is 2. The molecule has 3 aromatic carbocycles. The molecule has 1 fully saturated rings. The number of hydrogen-bond acceptors (Lipinski definition) is 3. The normalized spacial score (nSPS) is 13.4. The van der Waals surface area contributed by atoms with E-state index < -0.39 is 0 Å². The maximum absolute atomic E-state index is 12.3. The molecule has 1 heterocycles. The Kier molecular flexibility index (Phi) is 5.56. The van der Waals surface area contributed by atoms with Crippen molar-refractivity contribution in [1.82, 2.24) is 0 Å². The summed E-state index contributed by atoms with van der Waals surface area (Å²) in [4.78, 5) is 25.9. The first-order chi connectivity index (χ1) is 14.2. The van der Waals surface area contributed by atoms with Crippen LogP contribution in [-0.4, -0.2) is 18.4 Å². The third kappa shape index (κ3) is 4.63. The third-order valence-electron chi connectivity index (χ3n) is 4.88. The van der Waals surface area contributed by atoms with Gasteiger partial charge in [-0.25, -0.2) is 0 Å². The highest BCUT2D eigenvalue weighted by atomic mass is 16.5. The summed E-state index contributed by atoms with van der Waals surface area (Å²) >= 11 is 0. The molecule has 1 aliphatic heterocycles. The lowest BCUT2D eigenvalue weighted by atomic mass is 10.1. The van der Waals surface area contributed by atoms with Crippen molar-refractivity contribution in [2.75, 3.05) is 16.8 Å². The van der Waals surface area contributed by atoms with Crippen molar-refractivity contribution in [2.24, 2.45) is 0 Å². The second-order valence-corrected chi connectivity index (χ2v) is 6.95. The molecule has 5 heteroatoms. The predicted molar refractivity (Wildman–Crippen MR) is 113 cm³/mol. The second-order valence-electron chi connectivity index (χ2n) is 6.95. The highest BCUT2D eigenvalue weighted by molar-refractivity contribution is 6.04. The highest BCUT2D eigenvalue weighted by Gasteiger charge is 2.21. The van der Waals surface area contributed by atoms with Crippen LogP contribution in [-0.2, 0) is 11.4 Å².